The molecule has 0 unspecified atom stereocenters. The van der Waals surface area contributed by atoms with Crippen molar-refractivity contribution < 1.29 is 5.11 Å². The lowest BCUT2D eigenvalue weighted by Gasteiger charge is -2.25. The normalized spacial score (nSPS) is 23.0. The van der Waals surface area contributed by atoms with Crippen LogP contribution in [0.5, 0.6) is 0 Å². The molecule has 0 heterocycles. The van der Waals surface area contributed by atoms with Crippen molar-refractivity contribution in [3.8, 4) is 6.07 Å². The highest BCUT2D eigenvalue weighted by molar-refractivity contribution is 5.83. The van der Waals surface area contributed by atoms with E-state index in [4.69, 9.17) is 5.73 Å². The van der Waals surface area contributed by atoms with Crippen molar-refractivity contribution in [2.45, 2.75) is 17.9 Å². The van der Waals surface area contributed by atoms with Gasteiger partial charge >= 0.3 is 0 Å². The highest BCUT2D eigenvalue weighted by Crippen LogP contribution is 2.48. The van der Waals surface area contributed by atoms with E-state index in [-0.39, 0.29) is 11.6 Å². The number of allylic oxidation sites excluding steroid dienone is 1. The van der Waals surface area contributed by atoms with E-state index in [1.165, 1.54) is 0 Å². The van der Waals surface area contributed by atoms with Gasteiger partial charge in [-0.25, -0.2) is 0 Å². The summed E-state index contributed by atoms with van der Waals surface area (Å²) in [6, 6.07) is 25.8. The third-order valence-corrected chi connectivity index (χ3v) is 5.13. The molecule has 4 rings (SSSR count). The first-order chi connectivity index (χ1) is 12.1. The standard InChI is InChI=1S/C22H18N2O/c23-14-20-19(17-11-10-15-6-4-5-7-16(15)12-17)13-22(25,21(20)24)18-8-2-1-3-9-18/h1-12,19,25H,13,24H2/t19-,22-/m1/s1. The number of fused-ring (bicyclic) bond motifs is 1. The summed E-state index contributed by atoms with van der Waals surface area (Å²) in [6.45, 7) is 0. The molecule has 0 amide bonds. The molecule has 0 aliphatic heterocycles. The van der Waals surface area contributed by atoms with Crippen LogP contribution >= 0.6 is 0 Å². The Kier molecular flexibility index (Phi) is 3.56. The molecule has 1 aliphatic rings. The summed E-state index contributed by atoms with van der Waals surface area (Å²) >= 11 is 0. The van der Waals surface area contributed by atoms with Gasteiger partial charge in [0.15, 0.2) is 0 Å². The molecule has 1 aliphatic carbocycles. The summed E-state index contributed by atoms with van der Waals surface area (Å²) in [7, 11) is 0. The topological polar surface area (TPSA) is 70.0 Å². The molecule has 0 aromatic heterocycles. The van der Waals surface area contributed by atoms with Crippen molar-refractivity contribution in [2.24, 2.45) is 5.73 Å². The molecular weight excluding hydrogens is 308 g/mol. The molecule has 0 saturated carbocycles. The number of nitrogens with zero attached hydrogens (tertiary/aromatic N) is 1. The van der Waals surface area contributed by atoms with Gasteiger partial charge in [-0.3, -0.25) is 0 Å². The molecule has 3 heteroatoms. The Morgan fingerprint density at radius 1 is 0.960 bits per heavy atom. The van der Waals surface area contributed by atoms with Gasteiger partial charge in [0.1, 0.15) is 5.60 Å². The first-order valence-corrected chi connectivity index (χ1v) is 8.30. The van der Waals surface area contributed by atoms with Crippen molar-refractivity contribution in [2.75, 3.05) is 0 Å². The van der Waals surface area contributed by atoms with Crippen molar-refractivity contribution in [1.29, 1.82) is 5.26 Å². The van der Waals surface area contributed by atoms with Crippen LogP contribution in [-0.2, 0) is 5.60 Å². The van der Waals surface area contributed by atoms with Gasteiger partial charge in [-0.1, -0.05) is 72.8 Å². The zero-order chi connectivity index (χ0) is 17.4. The molecule has 122 valence electrons. The zero-order valence-corrected chi connectivity index (χ0v) is 13.7. The molecule has 3 aromatic carbocycles. The largest absolute Gasteiger partial charge is 0.399 e. The highest BCUT2D eigenvalue weighted by Gasteiger charge is 2.45. The summed E-state index contributed by atoms with van der Waals surface area (Å²) < 4.78 is 0. The van der Waals surface area contributed by atoms with Crippen LogP contribution < -0.4 is 5.73 Å². The predicted octanol–water partition coefficient (Wildman–Crippen LogP) is 3.95. The number of hydrogen-bond donors (Lipinski definition) is 2. The van der Waals surface area contributed by atoms with Crippen molar-refractivity contribution in [1.82, 2.24) is 0 Å². The van der Waals surface area contributed by atoms with Gasteiger partial charge in [-0.15, -0.1) is 0 Å². The highest BCUT2D eigenvalue weighted by atomic mass is 16.3. The third-order valence-electron chi connectivity index (χ3n) is 5.13. The SMILES string of the molecule is N#CC1=C(N)[C@](O)(c2ccccc2)C[C@@H]1c1ccc2ccccc2c1. The summed E-state index contributed by atoms with van der Waals surface area (Å²) in [5, 5.41) is 23.2. The Morgan fingerprint density at radius 3 is 2.36 bits per heavy atom. The summed E-state index contributed by atoms with van der Waals surface area (Å²) in [5.74, 6) is -0.209. The second-order valence-corrected chi connectivity index (χ2v) is 6.53. The Balaban J connectivity index is 1.82. The zero-order valence-electron chi connectivity index (χ0n) is 13.7. The maximum atomic E-state index is 11.2. The summed E-state index contributed by atoms with van der Waals surface area (Å²) in [4.78, 5) is 0. The Bertz CT molecular complexity index is 1020. The van der Waals surface area contributed by atoms with Gasteiger partial charge in [0.2, 0.25) is 0 Å². The van der Waals surface area contributed by atoms with Gasteiger partial charge in [-0.05, 0) is 28.3 Å². The average molecular weight is 326 g/mol. The number of hydrogen-bond acceptors (Lipinski definition) is 3. The quantitative estimate of drug-likeness (QED) is 0.749. The summed E-state index contributed by atoms with van der Waals surface area (Å²) in [6.07, 6.45) is 0.379. The molecule has 25 heavy (non-hydrogen) atoms. The number of benzene rings is 3. The van der Waals surface area contributed by atoms with E-state index >= 15 is 0 Å². The number of nitrogens with two attached hydrogens (primary N) is 1. The van der Waals surface area contributed by atoms with E-state index in [0.717, 1.165) is 21.9 Å². The molecule has 3 aromatic rings. The van der Waals surface area contributed by atoms with E-state index < -0.39 is 5.60 Å². The third kappa shape index (κ3) is 2.39. The maximum Gasteiger partial charge on any atom is 0.131 e. The lowest BCUT2D eigenvalue weighted by Crippen LogP contribution is -2.29. The van der Waals surface area contributed by atoms with Crippen LogP contribution in [-0.4, -0.2) is 5.11 Å². The van der Waals surface area contributed by atoms with Crippen molar-refractivity contribution in [3.63, 3.8) is 0 Å². The van der Waals surface area contributed by atoms with Crippen molar-refractivity contribution in [3.05, 3.63) is 95.2 Å². The monoisotopic (exact) mass is 326 g/mol. The first-order valence-electron chi connectivity index (χ1n) is 8.30. The van der Waals surface area contributed by atoms with Crippen molar-refractivity contribution >= 4 is 10.8 Å². The molecule has 0 fully saturated rings. The lowest BCUT2D eigenvalue weighted by atomic mass is 9.86. The minimum Gasteiger partial charge on any atom is -0.399 e. The maximum absolute atomic E-state index is 11.2. The average Bonchev–Trinajstić information content (AvgIpc) is 2.94. The van der Waals surface area contributed by atoms with Crippen LogP contribution in [0, 0.1) is 11.3 Å². The Labute approximate surface area is 146 Å². The minimum absolute atomic E-state index is 0.209. The van der Waals surface area contributed by atoms with Gasteiger partial charge in [0.05, 0.1) is 17.3 Å². The van der Waals surface area contributed by atoms with Gasteiger partial charge in [-0.2, -0.15) is 5.26 Å². The summed E-state index contributed by atoms with van der Waals surface area (Å²) in [5.41, 5.74) is 7.40. The van der Waals surface area contributed by atoms with Crippen LogP contribution in [0.3, 0.4) is 0 Å². The second kappa shape index (κ2) is 5.77. The van der Waals surface area contributed by atoms with Crippen LogP contribution in [0.4, 0.5) is 0 Å². The van der Waals surface area contributed by atoms with Gasteiger partial charge in [0.25, 0.3) is 0 Å². The molecule has 0 bridgehead atoms. The van der Waals surface area contributed by atoms with Gasteiger partial charge < -0.3 is 10.8 Å². The fourth-order valence-electron chi connectivity index (χ4n) is 3.75. The van der Waals surface area contributed by atoms with Crippen LogP contribution in [0.2, 0.25) is 0 Å². The van der Waals surface area contributed by atoms with E-state index in [1.54, 1.807) is 0 Å². The molecule has 0 radical (unpaired) electrons. The van der Waals surface area contributed by atoms with E-state index in [9.17, 15) is 10.4 Å². The molecule has 2 atom stereocenters. The molecule has 0 spiro atoms. The van der Waals surface area contributed by atoms with E-state index in [2.05, 4.69) is 30.3 Å². The second-order valence-electron chi connectivity index (χ2n) is 6.53. The molecule has 3 N–H and O–H groups in total. The first kappa shape index (κ1) is 15.4. The Morgan fingerprint density at radius 2 is 1.64 bits per heavy atom. The molecule has 0 saturated heterocycles. The smallest absolute Gasteiger partial charge is 0.131 e. The van der Waals surface area contributed by atoms with Crippen LogP contribution in [0.25, 0.3) is 10.8 Å². The number of nitriles is 1. The number of aliphatic hydroxyl groups is 1. The van der Waals surface area contributed by atoms with Crippen LogP contribution in [0.1, 0.15) is 23.5 Å². The van der Waals surface area contributed by atoms with Crippen LogP contribution in [0.15, 0.2) is 84.1 Å². The Hall–Kier alpha value is -3.09. The molecule has 3 nitrogen and oxygen atoms in total. The lowest BCUT2D eigenvalue weighted by molar-refractivity contribution is 0.0724. The fraction of sp³-hybridized carbons (Fsp3) is 0.136. The van der Waals surface area contributed by atoms with Gasteiger partial charge in [0, 0.05) is 5.92 Å². The fourth-order valence-corrected chi connectivity index (χ4v) is 3.75. The number of rotatable bonds is 2. The van der Waals surface area contributed by atoms with E-state index in [0.29, 0.717) is 12.0 Å². The molecular formula is C22H18N2O. The predicted molar refractivity (Wildman–Crippen MR) is 98.5 cm³/mol. The minimum atomic E-state index is -1.30. The van der Waals surface area contributed by atoms with E-state index in [1.807, 2.05) is 48.5 Å².